The Hall–Kier alpha value is -2.69. The predicted octanol–water partition coefficient (Wildman–Crippen LogP) is 3.45. The Kier molecular flexibility index (Phi) is 6.95. The molecule has 3 N–H and O–H groups in total. The minimum absolute atomic E-state index is 0.417. The van der Waals surface area contributed by atoms with E-state index in [1.54, 1.807) is 7.11 Å². The standard InChI is InChI=1S/C19H25N3O2/c1-3-15-8-10-16(11-9-15)22-19(20)21-12-5-13-24-18-7-4-6-17(14-18)23-2/h4,6-11,14H,3,5,12-13H2,1-2H3,(H3,20,21,22). The quantitative estimate of drug-likeness (QED) is 0.443. The molecule has 128 valence electrons. The lowest BCUT2D eigenvalue weighted by atomic mass is 10.1. The second-order valence-corrected chi connectivity index (χ2v) is 5.32. The molecule has 0 fully saturated rings. The van der Waals surface area contributed by atoms with Crippen molar-refractivity contribution in [1.29, 1.82) is 0 Å². The second-order valence-electron chi connectivity index (χ2n) is 5.32. The first kappa shape index (κ1) is 17.7. The number of methoxy groups -OCH3 is 1. The van der Waals surface area contributed by atoms with Crippen LogP contribution in [0.2, 0.25) is 0 Å². The number of aryl methyl sites for hydroxylation is 1. The van der Waals surface area contributed by atoms with Crippen LogP contribution < -0.4 is 20.5 Å². The van der Waals surface area contributed by atoms with E-state index in [2.05, 4.69) is 29.4 Å². The number of ether oxygens (including phenoxy) is 2. The van der Waals surface area contributed by atoms with E-state index in [1.807, 2.05) is 36.4 Å². The van der Waals surface area contributed by atoms with E-state index in [0.29, 0.717) is 19.1 Å². The van der Waals surface area contributed by atoms with Gasteiger partial charge >= 0.3 is 0 Å². The molecule has 0 amide bonds. The van der Waals surface area contributed by atoms with Crippen molar-refractivity contribution >= 4 is 11.6 Å². The molecule has 0 aromatic heterocycles. The van der Waals surface area contributed by atoms with E-state index < -0.39 is 0 Å². The first-order valence-electron chi connectivity index (χ1n) is 8.14. The van der Waals surface area contributed by atoms with E-state index in [0.717, 1.165) is 30.0 Å². The van der Waals surface area contributed by atoms with Crippen molar-refractivity contribution in [2.24, 2.45) is 10.7 Å². The highest BCUT2D eigenvalue weighted by Gasteiger charge is 1.98. The van der Waals surface area contributed by atoms with Gasteiger partial charge in [-0.25, -0.2) is 0 Å². The van der Waals surface area contributed by atoms with Gasteiger partial charge in [0.2, 0.25) is 0 Å². The van der Waals surface area contributed by atoms with Gasteiger partial charge in [-0.05, 0) is 36.2 Å². The van der Waals surface area contributed by atoms with Crippen LogP contribution in [0.15, 0.2) is 53.5 Å². The molecule has 0 radical (unpaired) electrons. The van der Waals surface area contributed by atoms with Gasteiger partial charge in [0.1, 0.15) is 11.5 Å². The molecule has 0 unspecified atom stereocenters. The molecule has 0 saturated carbocycles. The number of aliphatic imine (C=N–C) groups is 1. The topological polar surface area (TPSA) is 68.9 Å². The minimum atomic E-state index is 0.417. The third kappa shape index (κ3) is 5.83. The molecule has 0 heterocycles. The van der Waals surface area contributed by atoms with Gasteiger partial charge in [0, 0.05) is 24.7 Å². The number of guanidine groups is 1. The van der Waals surface area contributed by atoms with Crippen molar-refractivity contribution in [2.75, 3.05) is 25.6 Å². The molecule has 0 aliphatic carbocycles. The maximum Gasteiger partial charge on any atom is 0.193 e. The average molecular weight is 327 g/mol. The molecule has 5 nitrogen and oxygen atoms in total. The summed E-state index contributed by atoms with van der Waals surface area (Å²) in [5, 5.41) is 3.09. The third-order valence-electron chi connectivity index (χ3n) is 3.53. The number of nitrogens with two attached hydrogens (primary N) is 1. The summed E-state index contributed by atoms with van der Waals surface area (Å²) >= 11 is 0. The third-order valence-corrected chi connectivity index (χ3v) is 3.53. The number of nitrogens with zero attached hydrogens (tertiary/aromatic N) is 1. The fourth-order valence-corrected chi connectivity index (χ4v) is 2.16. The van der Waals surface area contributed by atoms with Crippen molar-refractivity contribution in [3.63, 3.8) is 0 Å². The Labute approximate surface area is 143 Å². The van der Waals surface area contributed by atoms with Crippen molar-refractivity contribution in [3.05, 3.63) is 54.1 Å². The Morgan fingerprint density at radius 1 is 1.12 bits per heavy atom. The molecule has 0 atom stereocenters. The van der Waals surface area contributed by atoms with Gasteiger partial charge in [-0.15, -0.1) is 0 Å². The summed E-state index contributed by atoms with van der Waals surface area (Å²) in [5.41, 5.74) is 8.13. The largest absolute Gasteiger partial charge is 0.497 e. The van der Waals surface area contributed by atoms with Crippen LogP contribution in [0.4, 0.5) is 5.69 Å². The highest BCUT2D eigenvalue weighted by molar-refractivity contribution is 5.92. The fourth-order valence-electron chi connectivity index (χ4n) is 2.16. The monoisotopic (exact) mass is 327 g/mol. The molecular weight excluding hydrogens is 302 g/mol. The zero-order valence-electron chi connectivity index (χ0n) is 14.3. The lowest BCUT2D eigenvalue weighted by Gasteiger charge is -2.08. The van der Waals surface area contributed by atoms with Gasteiger partial charge in [-0.1, -0.05) is 25.1 Å². The van der Waals surface area contributed by atoms with Gasteiger partial charge in [0.25, 0.3) is 0 Å². The van der Waals surface area contributed by atoms with E-state index >= 15 is 0 Å². The molecule has 0 spiro atoms. The van der Waals surface area contributed by atoms with Gasteiger partial charge in [0.05, 0.1) is 13.7 Å². The maximum absolute atomic E-state index is 5.89. The minimum Gasteiger partial charge on any atom is -0.497 e. The first-order valence-corrected chi connectivity index (χ1v) is 8.14. The maximum atomic E-state index is 5.89. The van der Waals surface area contributed by atoms with Gasteiger partial charge in [0.15, 0.2) is 5.96 Å². The molecular formula is C19H25N3O2. The highest BCUT2D eigenvalue weighted by Crippen LogP contribution is 2.18. The number of rotatable bonds is 8. The van der Waals surface area contributed by atoms with E-state index in [1.165, 1.54) is 5.56 Å². The molecule has 0 bridgehead atoms. The van der Waals surface area contributed by atoms with E-state index in [4.69, 9.17) is 15.2 Å². The Bertz CT molecular complexity index is 654. The number of benzene rings is 2. The highest BCUT2D eigenvalue weighted by atomic mass is 16.5. The summed E-state index contributed by atoms with van der Waals surface area (Å²) in [6, 6.07) is 15.7. The number of anilines is 1. The molecule has 2 aromatic carbocycles. The van der Waals surface area contributed by atoms with Crippen LogP contribution in [0.3, 0.4) is 0 Å². The van der Waals surface area contributed by atoms with Crippen LogP contribution in [0.25, 0.3) is 0 Å². The molecule has 0 aliphatic heterocycles. The van der Waals surface area contributed by atoms with Crippen LogP contribution in [0.5, 0.6) is 11.5 Å². The molecule has 2 aromatic rings. The molecule has 2 rings (SSSR count). The van der Waals surface area contributed by atoms with Gasteiger partial charge in [-0.3, -0.25) is 4.99 Å². The normalized spacial score (nSPS) is 11.2. The van der Waals surface area contributed by atoms with Gasteiger partial charge in [-0.2, -0.15) is 0 Å². The van der Waals surface area contributed by atoms with Crippen LogP contribution in [-0.2, 0) is 6.42 Å². The van der Waals surface area contributed by atoms with Crippen molar-refractivity contribution in [1.82, 2.24) is 0 Å². The summed E-state index contributed by atoms with van der Waals surface area (Å²) in [6.07, 6.45) is 1.81. The zero-order chi connectivity index (χ0) is 17.2. The Balaban J connectivity index is 1.70. The summed E-state index contributed by atoms with van der Waals surface area (Å²) in [6.45, 7) is 3.32. The lowest BCUT2D eigenvalue weighted by molar-refractivity contribution is 0.311. The van der Waals surface area contributed by atoms with E-state index in [-0.39, 0.29) is 0 Å². The van der Waals surface area contributed by atoms with Crippen molar-refractivity contribution < 1.29 is 9.47 Å². The van der Waals surface area contributed by atoms with Crippen molar-refractivity contribution in [3.8, 4) is 11.5 Å². The predicted molar refractivity (Wildman–Crippen MR) is 99.0 cm³/mol. The van der Waals surface area contributed by atoms with Crippen LogP contribution in [0.1, 0.15) is 18.9 Å². The van der Waals surface area contributed by atoms with Crippen LogP contribution in [-0.4, -0.2) is 26.2 Å². The summed E-state index contributed by atoms with van der Waals surface area (Å²) in [5.74, 6) is 1.99. The smallest absolute Gasteiger partial charge is 0.193 e. The number of hydrogen-bond donors (Lipinski definition) is 2. The van der Waals surface area contributed by atoms with Crippen LogP contribution >= 0.6 is 0 Å². The van der Waals surface area contributed by atoms with Gasteiger partial charge < -0.3 is 20.5 Å². The summed E-state index contributed by atoms with van der Waals surface area (Å²) < 4.78 is 10.8. The van der Waals surface area contributed by atoms with Crippen molar-refractivity contribution in [2.45, 2.75) is 19.8 Å². The zero-order valence-corrected chi connectivity index (χ0v) is 14.3. The van der Waals surface area contributed by atoms with E-state index in [9.17, 15) is 0 Å². The molecule has 0 saturated heterocycles. The number of nitrogens with one attached hydrogen (secondary N) is 1. The molecule has 24 heavy (non-hydrogen) atoms. The van der Waals surface area contributed by atoms with Crippen LogP contribution in [0, 0.1) is 0 Å². The molecule has 0 aliphatic rings. The summed E-state index contributed by atoms with van der Waals surface area (Å²) in [4.78, 5) is 4.31. The Morgan fingerprint density at radius 3 is 2.58 bits per heavy atom. The SMILES string of the molecule is CCc1ccc(NC(N)=NCCCOc2cccc(OC)c2)cc1. The lowest BCUT2D eigenvalue weighted by Crippen LogP contribution is -2.23. The number of hydrogen-bond acceptors (Lipinski definition) is 3. The average Bonchev–Trinajstić information content (AvgIpc) is 2.62. The first-order chi connectivity index (χ1) is 11.7. The molecule has 5 heteroatoms. The Morgan fingerprint density at radius 2 is 1.88 bits per heavy atom. The fraction of sp³-hybridized carbons (Fsp3) is 0.316. The second kappa shape index (κ2) is 9.45. The summed E-state index contributed by atoms with van der Waals surface area (Å²) in [7, 11) is 1.64.